The van der Waals surface area contributed by atoms with E-state index in [4.69, 9.17) is 0 Å². The predicted octanol–water partition coefficient (Wildman–Crippen LogP) is -3.88. The summed E-state index contributed by atoms with van der Waals surface area (Å²) in [4.78, 5) is 40.7. The van der Waals surface area contributed by atoms with Crippen LogP contribution in [0.3, 0.4) is 0 Å². The normalized spacial score (nSPS) is 23.4. The van der Waals surface area contributed by atoms with Crippen LogP contribution in [-0.4, -0.2) is 71.6 Å². The second kappa shape index (κ2) is 8.39. The van der Waals surface area contributed by atoms with Crippen LogP contribution in [-0.2, 0) is 16.6 Å². The van der Waals surface area contributed by atoms with Crippen molar-refractivity contribution in [3.63, 3.8) is 0 Å². The molecule has 2 fully saturated rings. The molecular formula is C18H16N7NaO5S. The van der Waals surface area contributed by atoms with Gasteiger partial charge in [0.25, 0.3) is 5.91 Å². The van der Waals surface area contributed by atoms with Gasteiger partial charge in [-0.05, 0) is 41.1 Å². The van der Waals surface area contributed by atoms with Gasteiger partial charge in [0.1, 0.15) is 11.8 Å². The van der Waals surface area contributed by atoms with Crippen molar-refractivity contribution in [3.8, 4) is 5.75 Å². The van der Waals surface area contributed by atoms with Gasteiger partial charge in [-0.1, -0.05) is 11.8 Å². The number of β-lactam (4-membered cyclic amide) rings is 1. The number of carbonyl (C=O) groups excluding carboxylic acids is 3. The molecule has 160 valence electrons. The maximum absolute atomic E-state index is 12.9. The quantitative estimate of drug-likeness (QED) is 0.262. The number of thioether (sulfide) groups is 1. The Bertz CT molecular complexity index is 1140. The molecule has 3 aliphatic rings. The fourth-order valence-corrected chi connectivity index (χ4v) is 5.47. The van der Waals surface area contributed by atoms with Crippen LogP contribution in [0.1, 0.15) is 6.42 Å². The number of hydrogen-bond acceptors (Lipinski definition) is 9. The first-order chi connectivity index (χ1) is 14.9. The number of tetrazole rings is 1. The van der Waals surface area contributed by atoms with E-state index in [1.807, 2.05) is 0 Å². The molecule has 0 spiro atoms. The summed E-state index contributed by atoms with van der Waals surface area (Å²) in [6, 6.07) is 4.28. The number of phenolic OH excluding ortho intramolecular Hbond substituents is 1. The van der Waals surface area contributed by atoms with Crippen molar-refractivity contribution in [2.45, 2.75) is 23.7 Å². The Morgan fingerprint density at radius 2 is 2.00 bits per heavy atom. The van der Waals surface area contributed by atoms with Crippen molar-refractivity contribution < 1.29 is 54.2 Å². The van der Waals surface area contributed by atoms with Crippen molar-refractivity contribution in [1.29, 1.82) is 0 Å². The van der Waals surface area contributed by atoms with E-state index in [0.717, 1.165) is 11.8 Å². The largest absolute Gasteiger partial charge is 1.00 e. The van der Waals surface area contributed by atoms with Gasteiger partial charge in [0.15, 0.2) is 0 Å². The summed E-state index contributed by atoms with van der Waals surface area (Å²) in [6.07, 6.45) is 0.471. The van der Waals surface area contributed by atoms with E-state index in [1.165, 1.54) is 26.6 Å². The summed E-state index contributed by atoms with van der Waals surface area (Å²) in [5.41, 5.74) is 0.296. The van der Waals surface area contributed by atoms with E-state index in [1.54, 1.807) is 19.2 Å². The van der Waals surface area contributed by atoms with Crippen LogP contribution in [0.25, 0.3) is 0 Å². The first-order valence-corrected chi connectivity index (χ1v) is 10.2. The number of aromatic nitrogens is 4. The molecule has 1 unspecified atom stereocenters. The molecular weight excluding hydrogens is 449 g/mol. The van der Waals surface area contributed by atoms with Gasteiger partial charge in [0.05, 0.1) is 17.7 Å². The van der Waals surface area contributed by atoms with Gasteiger partial charge in [0, 0.05) is 30.1 Å². The van der Waals surface area contributed by atoms with Crippen molar-refractivity contribution in [1.82, 2.24) is 30.0 Å². The van der Waals surface area contributed by atoms with Gasteiger partial charge >= 0.3 is 35.6 Å². The molecule has 32 heavy (non-hydrogen) atoms. The summed E-state index contributed by atoms with van der Waals surface area (Å²) in [5.74, 6) is -2.09. The van der Waals surface area contributed by atoms with Gasteiger partial charge in [-0.25, -0.2) is 9.48 Å². The number of anilines is 1. The topological polar surface area (TPSA) is 157 Å². The molecule has 0 radical (unpaired) electrons. The number of benzene rings is 1. The van der Waals surface area contributed by atoms with Gasteiger partial charge in [-0.2, -0.15) is 0 Å². The zero-order chi connectivity index (χ0) is 21.9. The van der Waals surface area contributed by atoms with Crippen LogP contribution in [0.4, 0.5) is 10.5 Å². The SMILES string of the molecule is Cn1nnnc1SC1=C(C(=O)[O-])N2C(=O)[C@@H]3[C@H]2C1CCN3C(=O)Nc1ccc(O)cc1.[Na+]. The molecule has 3 amide bonds. The minimum Gasteiger partial charge on any atom is -0.543 e. The molecule has 1 aromatic carbocycles. The van der Waals surface area contributed by atoms with Crippen molar-refractivity contribution in [2.75, 3.05) is 11.9 Å². The Hall–Kier alpha value is -2.61. The van der Waals surface area contributed by atoms with Crippen LogP contribution < -0.4 is 40.0 Å². The fraction of sp³-hybridized carbons (Fsp3) is 0.333. The molecule has 1 aromatic heterocycles. The number of phenols is 1. The van der Waals surface area contributed by atoms with Crippen LogP contribution in [0.15, 0.2) is 40.0 Å². The number of aromatic hydroxyl groups is 1. The van der Waals surface area contributed by atoms with E-state index in [-0.39, 0.29) is 53.5 Å². The summed E-state index contributed by atoms with van der Waals surface area (Å²) in [6.45, 7) is 0.275. The third-order valence-electron chi connectivity index (χ3n) is 5.71. The molecule has 3 aliphatic heterocycles. The monoisotopic (exact) mass is 465 g/mol. The van der Waals surface area contributed by atoms with Gasteiger partial charge < -0.3 is 30.1 Å². The maximum atomic E-state index is 12.9. The average Bonchev–Trinajstić information content (AvgIpc) is 3.29. The number of aliphatic carboxylic acids is 1. The Morgan fingerprint density at radius 1 is 1.28 bits per heavy atom. The number of rotatable bonds is 4. The van der Waals surface area contributed by atoms with Crippen LogP contribution in [0.2, 0.25) is 0 Å². The predicted molar refractivity (Wildman–Crippen MR) is 103 cm³/mol. The molecule has 2 N–H and O–H groups in total. The first-order valence-electron chi connectivity index (χ1n) is 9.42. The third kappa shape index (κ3) is 3.45. The molecule has 0 saturated carbocycles. The van der Waals surface area contributed by atoms with Gasteiger partial charge in [-0.3, -0.25) is 4.79 Å². The van der Waals surface area contributed by atoms with Crippen molar-refractivity contribution >= 4 is 35.4 Å². The fourth-order valence-electron chi connectivity index (χ4n) is 4.34. The second-order valence-electron chi connectivity index (χ2n) is 7.40. The molecule has 4 heterocycles. The zero-order valence-electron chi connectivity index (χ0n) is 17.1. The molecule has 0 aliphatic carbocycles. The Kier molecular flexibility index (Phi) is 5.92. The minimum absolute atomic E-state index is 0. The minimum atomic E-state index is -1.45. The summed E-state index contributed by atoms with van der Waals surface area (Å²) < 4.78 is 1.42. The molecule has 2 saturated heterocycles. The number of amides is 3. The second-order valence-corrected chi connectivity index (χ2v) is 8.41. The molecule has 3 atom stereocenters. The number of hydrogen-bond donors (Lipinski definition) is 2. The van der Waals surface area contributed by atoms with Crippen molar-refractivity contribution in [2.24, 2.45) is 13.0 Å². The number of piperidine rings is 1. The number of urea groups is 1. The summed E-state index contributed by atoms with van der Waals surface area (Å²) >= 11 is 1.10. The molecule has 2 aromatic rings. The standard InChI is InChI=1S/C18H17N7O5S.Na/c1-23-18(20-21-22-23)31-14-10-6-7-24(17(30)19-8-2-4-9(26)5-3-8)12-11(10)25(15(12)27)13(14)16(28)29;/h2-5,10-12,26H,6-7H2,1H3,(H,19,30)(H,28,29);/q;+1/p-1/t10?,11-,12+;/m1./s1. The van der Waals surface area contributed by atoms with Gasteiger partial charge in [0.2, 0.25) is 5.16 Å². The van der Waals surface area contributed by atoms with Crippen molar-refractivity contribution in [3.05, 3.63) is 34.9 Å². The maximum Gasteiger partial charge on any atom is 1.00 e. The van der Waals surface area contributed by atoms with E-state index < -0.39 is 30.0 Å². The van der Waals surface area contributed by atoms with Crippen LogP contribution >= 0.6 is 11.8 Å². The molecule has 14 heteroatoms. The van der Waals surface area contributed by atoms with E-state index in [0.29, 0.717) is 22.2 Å². The molecule has 5 rings (SSSR count). The van der Waals surface area contributed by atoms with Crippen LogP contribution in [0, 0.1) is 5.92 Å². The number of carboxylic acid groups (broad SMARTS) is 1. The number of carbonyl (C=O) groups is 3. The summed E-state index contributed by atoms with van der Waals surface area (Å²) in [7, 11) is 1.63. The number of aryl methyl sites for hydroxylation is 1. The average molecular weight is 465 g/mol. The van der Waals surface area contributed by atoms with E-state index in [2.05, 4.69) is 20.8 Å². The third-order valence-corrected chi connectivity index (χ3v) is 6.95. The Labute approximate surface area is 207 Å². The molecule has 0 bridgehead atoms. The summed E-state index contributed by atoms with van der Waals surface area (Å²) in [5, 5.41) is 35.6. The Morgan fingerprint density at radius 3 is 2.62 bits per heavy atom. The number of nitrogens with one attached hydrogen (secondary N) is 1. The number of likely N-dealkylation sites (tertiary alicyclic amines) is 1. The number of nitrogens with zero attached hydrogens (tertiary/aromatic N) is 6. The van der Waals surface area contributed by atoms with E-state index in [9.17, 15) is 24.6 Å². The van der Waals surface area contributed by atoms with Crippen LogP contribution in [0.5, 0.6) is 5.75 Å². The van der Waals surface area contributed by atoms with Gasteiger partial charge in [-0.15, -0.1) is 5.10 Å². The van der Waals surface area contributed by atoms with E-state index >= 15 is 0 Å². The number of carboxylic acids is 1. The molecule has 12 nitrogen and oxygen atoms in total. The smallest absolute Gasteiger partial charge is 0.543 e. The Balaban J connectivity index is 0.00000245. The first kappa shape index (κ1) is 22.6. The zero-order valence-corrected chi connectivity index (χ0v) is 19.9.